The third kappa shape index (κ3) is 5.55. The maximum atomic E-state index is 12.4. The van der Waals surface area contributed by atoms with Gasteiger partial charge in [0.1, 0.15) is 5.78 Å². The molecule has 0 aromatic heterocycles. The van der Waals surface area contributed by atoms with Gasteiger partial charge < -0.3 is 4.79 Å². The SMILES string of the molecule is CC(=O)CCCCCC(=O)c1ccc(C(F)(F)F)cc1. The second-order valence-electron chi connectivity index (χ2n) is 4.76. The Bertz CT molecular complexity index is 461. The minimum atomic E-state index is -4.38. The minimum absolute atomic E-state index is 0.124. The van der Waals surface area contributed by atoms with E-state index in [1.807, 2.05) is 0 Å². The van der Waals surface area contributed by atoms with E-state index in [1.165, 1.54) is 19.1 Å². The predicted molar refractivity (Wildman–Crippen MR) is 69.5 cm³/mol. The highest BCUT2D eigenvalue weighted by Gasteiger charge is 2.30. The fourth-order valence-corrected chi connectivity index (χ4v) is 1.83. The van der Waals surface area contributed by atoms with Gasteiger partial charge in [0.2, 0.25) is 0 Å². The first-order chi connectivity index (χ1) is 9.30. The standard InChI is InChI=1S/C15H17F3O2/c1-11(19)5-3-2-4-6-14(20)12-7-9-13(10-8-12)15(16,17)18/h7-10H,2-6H2,1H3. The summed E-state index contributed by atoms with van der Waals surface area (Å²) in [7, 11) is 0. The van der Waals surface area contributed by atoms with Gasteiger partial charge in [0.25, 0.3) is 0 Å². The van der Waals surface area contributed by atoms with Crippen LogP contribution in [0.4, 0.5) is 13.2 Å². The lowest BCUT2D eigenvalue weighted by Crippen LogP contribution is -2.06. The van der Waals surface area contributed by atoms with Crippen molar-refractivity contribution in [3.8, 4) is 0 Å². The van der Waals surface area contributed by atoms with Crippen LogP contribution >= 0.6 is 0 Å². The highest BCUT2D eigenvalue weighted by molar-refractivity contribution is 5.96. The average Bonchev–Trinajstić information content (AvgIpc) is 2.37. The molecule has 0 saturated carbocycles. The number of ketones is 2. The van der Waals surface area contributed by atoms with Crippen molar-refractivity contribution in [2.24, 2.45) is 0 Å². The van der Waals surface area contributed by atoms with Crippen molar-refractivity contribution in [2.45, 2.75) is 45.2 Å². The molecule has 0 N–H and O–H groups in total. The molecule has 1 aromatic rings. The number of carbonyl (C=O) groups is 2. The van der Waals surface area contributed by atoms with Gasteiger partial charge >= 0.3 is 6.18 Å². The second-order valence-corrected chi connectivity index (χ2v) is 4.76. The van der Waals surface area contributed by atoms with Gasteiger partial charge in [-0.2, -0.15) is 13.2 Å². The maximum absolute atomic E-state index is 12.4. The lowest BCUT2D eigenvalue weighted by molar-refractivity contribution is -0.137. The monoisotopic (exact) mass is 286 g/mol. The van der Waals surface area contributed by atoms with Crippen molar-refractivity contribution in [3.63, 3.8) is 0 Å². The van der Waals surface area contributed by atoms with Crippen LogP contribution in [0.2, 0.25) is 0 Å². The smallest absolute Gasteiger partial charge is 0.300 e. The van der Waals surface area contributed by atoms with E-state index < -0.39 is 11.7 Å². The molecule has 0 atom stereocenters. The first-order valence-electron chi connectivity index (χ1n) is 6.50. The molecule has 0 radical (unpaired) electrons. The fourth-order valence-electron chi connectivity index (χ4n) is 1.83. The number of unbranched alkanes of at least 4 members (excludes halogenated alkanes) is 2. The van der Waals surface area contributed by atoms with Crippen LogP contribution in [0, 0.1) is 0 Å². The number of halogens is 3. The summed E-state index contributed by atoms with van der Waals surface area (Å²) in [6, 6.07) is 4.26. The highest BCUT2D eigenvalue weighted by atomic mass is 19.4. The van der Waals surface area contributed by atoms with Gasteiger partial charge in [-0.15, -0.1) is 0 Å². The second kappa shape index (κ2) is 7.22. The Morgan fingerprint density at radius 1 is 0.950 bits per heavy atom. The Labute approximate surface area is 116 Å². The van der Waals surface area contributed by atoms with Gasteiger partial charge in [-0.05, 0) is 31.9 Å². The zero-order chi connectivity index (χ0) is 15.2. The van der Waals surface area contributed by atoms with E-state index in [0.29, 0.717) is 24.8 Å². The van der Waals surface area contributed by atoms with Crippen molar-refractivity contribution in [1.29, 1.82) is 0 Å². The summed E-state index contributed by atoms with van der Waals surface area (Å²) in [6.45, 7) is 1.52. The molecule has 0 amide bonds. The number of hydrogen-bond donors (Lipinski definition) is 0. The summed E-state index contributed by atoms with van der Waals surface area (Å²) < 4.78 is 37.1. The van der Waals surface area contributed by atoms with Crippen LogP contribution in [-0.4, -0.2) is 11.6 Å². The van der Waals surface area contributed by atoms with Gasteiger partial charge in [0.05, 0.1) is 5.56 Å². The van der Waals surface area contributed by atoms with Crippen LogP contribution in [0.1, 0.15) is 54.9 Å². The Balaban J connectivity index is 2.42. The van der Waals surface area contributed by atoms with Crippen LogP contribution in [0.3, 0.4) is 0 Å². The van der Waals surface area contributed by atoms with Crippen LogP contribution in [-0.2, 0) is 11.0 Å². The van der Waals surface area contributed by atoms with Crippen LogP contribution < -0.4 is 0 Å². The molecule has 0 spiro atoms. The van der Waals surface area contributed by atoms with E-state index in [1.54, 1.807) is 0 Å². The van der Waals surface area contributed by atoms with E-state index in [2.05, 4.69) is 0 Å². The molecule has 0 saturated heterocycles. The van der Waals surface area contributed by atoms with Gasteiger partial charge in [-0.25, -0.2) is 0 Å². The maximum Gasteiger partial charge on any atom is 0.416 e. The number of hydrogen-bond acceptors (Lipinski definition) is 2. The van der Waals surface area contributed by atoms with Crippen molar-refractivity contribution >= 4 is 11.6 Å². The molecule has 0 aliphatic rings. The van der Waals surface area contributed by atoms with Crippen LogP contribution in [0.25, 0.3) is 0 Å². The van der Waals surface area contributed by atoms with Crippen molar-refractivity contribution in [2.75, 3.05) is 0 Å². The molecule has 110 valence electrons. The van der Waals surface area contributed by atoms with Gasteiger partial charge in [0.15, 0.2) is 5.78 Å². The molecule has 0 aliphatic carbocycles. The number of carbonyl (C=O) groups excluding carboxylic acids is 2. The zero-order valence-corrected chi connectivity index (χ0v) is 11.3. The summed E-state index contributed by atoms with van der Waals surface area (Å²) in [5.74, 6) is -0.0411. The Kier molecular flexibility index (Phi) is 5.92. The molecule has 0 bridgehead atoms. The Hall–Kier alpha value is -1.65. The molecule has 0 fully saturated rings. The van der Waals surface area contributed by atoms with Gasteiger partial charge in [-0.3, -0.25) is 4.79 Å². The molecule has 2 nitrogen and oxygen atoms in total. The molecule has 20 heavy (non-hydrogen) atoms. The third-order valence-electron chi connectivity index (χ3n) is 2.97. The van der Waals surface area contributed by atoms with E-state index in [-0.39, 0.29) is 11.6 Å². The number of benzene rings is 1. The largest absolute Gasteiger partial charge is 0.416 e. The molecule has 0 aliphatic heterocycles. The third-order valence-corrected chi connectivity index (χ3v) is 2.97. The number of rotatable bonds is 7. The molecule has 0 unspecified atom stereocenters. The summed E-state index contributed by atoms with van der Waals surface area (Å²) >= 11 is 0. The van der Waals surface area contributed by atoms with Crippen molar-refractivity contribution < 1.29 is 22.8 Å². The lowest BCUT2D eigenvalue weighted by atomic mass is 10.0. The Morgan fingerprint density at radius 2 is 1.50 bits per heavy atom. The molecular formula is C15H17F3O2. The lowest BCUT2D eigenvalue weighted by Gasteiger charge is -2.07. The van der Waals surface area contributed by atoms with Gasteiger partial charge in [-0.1, -0.05) is 18.6 Å². The molecule has 5 heteroatoms. The van der Waals surface area contributed by atoms with E-state index in [4.69, 9.17) is 0 Å². The molecule has 0 heterocycles. The Morgan fingerprint density at radius 3 is 2.00 bits per heavy atom. The average molecular weight is 286 g/mol. The number of Topliss-reactive ketones (excluding diaryl/α,β-unsaturated/α-hetero) is 2. The topological polar surface area (TPSA) is 34.1 Å². The highest BCUT2D eigenvalue weighted by Crippen LogP contribution is 2.29. The van der Waals surface area contributed by atoms with E-state index in [9.17, 15) is 22.8 Å². The zero-order valence-electron chi connectivity index (χ0n) is 11.3. The van der Waals surface area contributed by atoms with E-state index in [0.717, 1.165) is 25.0 Å². The normalized spacial score (nSPS) is 11.4. The van der Waals surface area contributed by atoms with E-state index >= 15 is 0 Å². The summed E-state index contributed by atoms with van der Waals surface area (Å²) in [5, 5.41) is 0. The fraction of sp³-hybridized carbons (Fsp3) is 0.467. The van der Waals surface area contributed by atoms with Crippen molar-refractivity contribution in [1.82, 2.24) is 0 Å². The first-order valence-corrected chi connectivity index (χ1v) is 6.50. The van der Waals surface area contributed by atoms with Crippen molar-refractivity contribution in [3.05, 3.63) is 35.4 Å². The predicted octanol–water partition coefficient (Wildman–Crippen LogP) is 4.43. The number of alkyl halides is 3. The summed E-state index contributed by atoms with van der Waals surface area (Å²) in [6.07, 6.45) is -1.42. The molecule has 1 aromatic carbocycles. The van der Waals surface area contributed by atoms with Gasteiger partial charge in [0, 0.05) is 18.4 Å². The van der Waals surface area contributed by atoms with Crippen LogP contribution in [0.5, 0.6) is 0 Å². The quantitative estimate of drug-likeness (QED) is 0.549. The van der Waals surface area contributed by atoms with Crippen LogP contribution in [0.15, 0.2) is 24.3 Å². The molecule has 1 rings (SSSR count). The molecular weight excluding hydrogens is 269 g/mol. The first kappa shape index (κ1) is 16.4. The summed E-state index contributed by atoms with van der Waals surface area (Å²) in [4.78, 5) is 22.5. The summed E-state index contributed by atoms with van der Waals surface area (Å²) in [5.41, 5.74) is -0.458. The minimum Gasteiger partial charge on any atom is -0.300 e.